The van der Waals surface area contributed by atoms with E-state index in [0.717, 1.165) is 11.0 Å². The lowest BCUT2D eigenvalue weighted by Gasteiger charge is -1.93. The number of para-hydroxylation sites is 1. The van der Waals surface area contributed by atoms with Crippen LogP contribution in [-0.2, 0) is 11.3 Å². The second-order valence-electron chi connectivity index (χ2n) is 2.93. The Bertz CT molecular complexity index is 493. The van der Waals surface area contributed by atoms with E-state index in [4.69, 9.17) is 16.7 Å². The molecule has 0 aliphatic rings. The molecule has 0 atom stereocenters. The van der Waals surface area contributed by atoms with Crippen LogP contribution in [0.4, 0.5) is 0 Å². The molecule has 1 aromatic carbocycles. The van der Waals surface area contributed by atoms with Crippen molar-refractivity contribution in [3.63, 3.8) is 0 Å². The predicted octanol–water partition coefficient (Wildman–Crippen LogP) is 1.19. The fourth-order valence-corrected chi connectivity index (χ4v) is 1.69. The van der Waals surface area contributed by atoms with E-state index in [0.29, 0.717) is 5.02 Å². The van der Waals surface area contributed by atoms with Crippen LogP contribution in [0.15, 0.2) is 24.5 Å². The van der Waals surface area contributed by atoms with Crippen molar-refractivity contribution in [3.8, 4) is 0 Å². The van der Waals surface area contributed by atoms with Gasteiger partial charge in [0.1, 0.15) is 0 Å². The summed E-state index contributed by atoms with van der Waals surface area (Å²) in [6.07, 6.45) is 1.60. The van der Waals surface area contributed by atoms with E-state index in [1.54, 1.807) is 17.0 Å². The fourth-order valence-electron chi connectivity index (χ4n) is 1.41. The van der Waals surface area contributed by atoms with Crippen molar-refractivity contribution in [2.75, 3.05) is 0 Å². The highest BCUT2D eigenvalue weighted by atomic mass is 35.5. The summed E-state index contributed by atoms with van der Waals surface area (Å²) in [6, 6.07) is 5.39. The third-order valence-corrected chi connectivity index (χ3v) is 2.26. The van der Waals surface area contributed by atoms with Crippen molar-refractivity contribution in [3.05, 3.63) is 29.5 Å². The standard InChI is InChI=1S/C9H7ClN2O2/c10-6-2-1-3-7-9(6)12(5-11-7)4-8(13)14/h1-3,5H,4H2,(H,13,14)/p+1. The number of aromatic nitrogens is 2. The van der Waals surface area contributed by atoms with Crippen LogP contribution in [0.5, 0.6) is 0 Å². The highest BCUT2D eigenvalue weighted by molar-refractivity contribution is 6.34. The molecule has 2 N–H and O–H groups in total. The molecule has 1 heterocycles. The summed E-state index contributed by atoms with van der Waals surface area (Å²) in [5, 5.41) is 9.20. The molecule has 14 heavy (non-hydrogen) atoms. The summed E-state index contributed by atoms with van der Waals surface area (Å²) in [5.41, 5.74) is 1.55. The van der Waals surface area contributed by atoms with Crippen LogP contribution in [-0.4, -0.2) is 16.1 Å². The van der Waals surface area contributed by atoms with Crippen molar-refractivity contribution < 1.29 is 14.5 Å². The predicted molar refractivity (Wildman–Crippen MR) is 51.1 cm³/mol. The van der Waals surface area contributed by atoms with E-state index in [2.05, 4.69) is 4.98 Å². The van der Waals surface area contributed by atoms with Crippen molar-refractivity contribution >= 4 is 28.6 Å². The number of halogens is 1. The van der Waals surface area contributed by atoms with Crippen molar-refractivity contribution in [2.24, 2.45) is 0 Å². The van der Waals surface area contributed by atoms with E-state index < -0.39 is 5.97 Å². The SMILES string of the molecule is O=C(O)C[n+]1c[nH]c2cccc(Cl)c21. The molecule has 2 aromatic rings. The van der Waals surface area contributed by atoms with Gasteiger partial charge in [-0.3, -0.25) is 0 Å². The number of H-pyrrole nitrogens is 1. The number of nitrogens with one attached hydrogen (secondary N) is 1. The fraction of sp³-hybridized carbons (Fsp3) is 0.111. The van der Waals surface area contributed by atoms with E-state index in [-0.39, 0.29) is 6.54 Å². The maximum Gasteiger partial charge on any atom is 0.346 e. The van der Waals surface area contributed by atoms with Crippen LogP contribution in [0, 0.1) is 0 Å². The molecule has 0 radical (unpaired) electrons. The molecule has 5 heteroatoms. The van der Waals surface area contributed by atoms with Gasteiger partial charge in [0.25, 0.3) is 0 Å². The summed E-state index contributed by atoms with van der Waals surface area (Å²) in [6.45, 7) is -0.0935. The molecule has 0 aliphatic heterocycles. The first kappa shape index (κ1) is 9.02. The molecule has 0 fully saturated rings. The summed E-state index contributed by atoms with van der Waals surface area (Å²) in [7, 11) is 0. The smallest absolute Gasteiger partial charge is 0.346 e. The van der Waals surface area contributed by atoms with Gasteiger partial charge >= 0.3 is 5.97 Å². The summed E-state index contributed by atoms with van der Waals surface area (Å²) in [5.74, 6) is -0.893. The van der Waals surface area contributed by atoms with Crippen LogP contribution >= 0.6 is 11.6 Å². The normalized spacial score (nSPS) is 10.6. The molecule has 0 saturated heterocycles. The van der Waals surface area contributed by atoms with Gasteiger partial charge in [-0.25, -0.2) is 14.3 Å². The number of aliphatic carboxylic acids is 1. The average molecular weight is 212 g/mol. The maximum absolute atomic E-state index is 10.5. The zero-order chi connectivity index (χ0) is 10.1. The third kappa shape index (κ3) is 1.44. The van der Waals surface area contributed by atoms with Gasteiger partial charge < -0.3 is 5.11 Å². The summed E-state index contributed by atoms with van der Waals surface area (Å²) >= 11 is 5.95. The molecule has 0 aliphatic carbocycles. The molecule has 0 unspecified atom stereocenters. The molecule has 4 nitrogen and oxygen atoms in total. The largest absolute Gasteiger partial charge is 0.478 e. The Morgan fingerprint density at radius 2 is 2.36 bits per heavy atom. The van der Waals surface area contributed by atoms with Gasteiger partial charge in [0.05, 0.1) is 5.02 Å². The van der Waals surface area contributed by atoms with Crippen LogP contribution in [0.25, 0.3) is 11.0 Å². The van der Waals surface area contributed by atoms with Gasteiger partial charge in [-0.1, -0.05) is 17.7 Å². The number of benzene rings is 1. The first-order valence-electron chi connectivity index (χ1n) is 4.05. The topological polar surface area (TPSA) is 57.0 Å². The van der Waals surface area contributed by atoms with Gasteiger partial charge in [0, 0.05) is 0 Å². The minimum Gasteiger partial charge on any atom is -0.478 e. The van der Waals surface area contributed by atoms with Gasteiger partial charge in [-0.15, -0.1) is 0 Å². The van der Waals surface area contributed by atoms with Gasteiger partial charge in [0.2, 0.25) is 6.33 Å². The third-order valence-electron chi connectivity index (χ3n) is 1.96. The molecule has 1 aromatic heterocycles. The van der Waals surface area contributed by atoms with Gasteiger partial charge in [-0.05, 0) is 12.1 Å². The highest BCUT2D eigenvalue weighted by Crippen LogP contribution is 2.17. The summed E-state index contributed by atoms with van der Waals surface area (Å²) < 4.78 is 1.57. The lowest BCUT2D eigenvalue weighted by molar-refractivity contribution is -0.659. The number of carboxylic acids is 1. The highest BCUT2D eigenvalue weighted by Gasteiger charge is 2.14. The Hall–Kier alpha value is -1.55. The van der Waals surface area contributed by atoms with E-state index in [9.17, 15) is 4.79 Å². The number of carbonyl (C=O) groups is 1. The Kier molecular flexibility index (Phi) is 2.13. The first-order valence-corrected chi connectivity index (χ1v) is 4.43. The molecule has 2 rings (SSSR count). The van der Waals surface area contributed by atoms with E-state index in [1.807, 2.05) is 12.1 Å². The van der Waals surface area contributed by atoms with E-state index >= 15 is 0 Å². The number of carboxylic acid groups (broad SMARTS) is 1. The van der Waals surface area contributed by atoms with Gasteiger partial charge in [0.15, 0.2) is 17.6 Å². The van der Waals surface area contributed by atoms with E-state index in [1.165, 1.54) is 0 Å². The Labute approximate surface area is 84.7 Å². The number of rotatable bonds is 2. The molecule has 0 spiro atoms. The Morgan fingerprint density at radius 1 is 1.57 bits per heavy atom. The minimum absolute atomic E-state index is 0.0935. The average Bonchev–Trinajstić information content (AvgIpc) is 2.49. The molecule has 0 amide bonds. The number of hydrogen-bond donors (Lipinski definition) is 2. The Morgan fingerprint density at radius 3 is 3.07 bits per heavy atom. The maximum atomic E-state index is 10.5. The molecular weight excluding hydrogens is 204 g/mol. The molecule has 0 bridgehead atoms. The van der Waals surface area contributed by atoms with Crippen molar-refractivity contribution in [2.45, 2.75) is 6.54 Å². The number of aromatic amines is 1. The second-order valence-corrected chi connectivity index (χ2v) is 3.34. The molecule has 0 saturated carbocycles. The van der Waals surface area contributed by atoms with Crippen LogP contribution in [0.3, 0.4) is 0 Å². The molecule has 72 valence electrons. The number of nitrogens with zero attached hydrogens (tertiary/aromatic N) is 1. The molecular formula is C9H8ClN2O2+. The van der Waals surface area contributed by atoms with Crippen LogP contribution in [0.1, 0.15) is 0 Å². The lowest BCUT2D eigenvalue weighted by atomic mass is 10.3. The quantitative estimate of drug-likeness (QED) is 0.734. The van der Waals surface area contributed by atoms with Crippen LogP contribution < -0.4 is 4.57 Å². The van der Waals surface area contributed by atoms with Gasteiger partial charge in [-0.2, -0.15) is 0 Å². The minimum atomic E-state index is -0.893. The number of imidazole rings is 1. The first-order chi connectivity index (χ1) is 6.68. The zero-order valence-electron chi connectivity index (χ0n) is 7.20. The summed E-state index contributed by atoms with van der Waals surface area (Å²) in [4.78, 5) is 13.5. The number of fused-ring (bicyclic) bond motifs is 1. The second kappa shape index (κ2) is 3.31. The van der Waals surface area contributed by atoms with Crippen molar-refractivity contribution in [1.82, 2.24) is 4.98 Å². The lowest BCUT2D eigenvalue weighted by Crippen LogP contribution is -2.36. The monoisotopic (exact) mass is 211 g/mol. The van der Waals surface area contributed by atoms with Crippen LogP contribution in [0.2, 0.25) is 5.02 Å². The zero-order valence-corrected chi connectivity index (χ0v) is 7.95. The van der Waals surface area contributed by atoms with Crippen molar-refractivity contribution in [1.29, 1.82) is 0 Å². The number of hydrogen-bond acceptors (Lipinski definition) is 1. The Balaban J connectivity index is 2.61.